The third-order valence-electron chi connectivity index (χ3n) is 5.97. The second-order valence-corrected chi connectivity index (χ2v) is 12.7. The molecule has 2 amide bonds. The molecular formula is C26H31N6O7S2+. The maximum Gasteiger partial charge on any atom is 0.353 e. The van der Waals surface area contributed by atoms with Gasteiger partial charge in [0.05, 0.1) is 0 Å². The standard InChI is InChI=1S/C26H30N6O7S2/c1-25(2,3)38-23(37)26(4,5)39-30-16(15-13-41-24(27)28-15)19(33)29-17-20(34)32-18(22(35)36)14(12-40-21(17)32)11-31-9-7-6-8-10-31/h6-10,12-13,17-18,21H,11H2,1-5H3,(H3-,27,28,29,33,35,36)/p+1/b30-16-/t17-,18?,21-/m1/s1. The number of carbonyl (C=O) groups excluding carboxylic acids is 3. The summed E-state index contributed by atoms with van der Waals surface area (Å²) in [7, 11) is 0. The lowest BCUT2D eigenvalue weighted by atomic mass is 9.97. The van der Waals surface area contributed by atoms with Crippen LogP contribution in [0.5, 0.6) is 0 Å². The number of rotatable bonds is 9. The van der Waals surface area contributed by atoms with Crippen molar-refractivity contribution in [3.63, 3.8) is 0 Å². The number of nitrogens with one attached hydrogen (secondary N) is 1. The zero-order valence-electron chi connectivity index (χ0n) is 23.1. The molecule has 41 heavy (non-hydrogen) atoms. The Labute approximate surface area is 244 Å². The summed E-state index contributed by atoms with van der Waals surface area (Å²) in [5.74, 6) is -3.24. The lowest BCUT2D eigenvalue weighted by Crippen LogP contribution is -2.74. The smallest absolute Gasteiger partial charge is 0.353 e. The van der Waals surface area contributed by atoms with Crippen LogP contribution in [0.2, 0.25) is 0 Å². The molecule has 4 N–H and O–H groups in total. The highest BCUT2D eigenvalue weighted by Gasteiger charge is 2.56. The zero-order chi connectivity index (χ0) is 30.1. The highest BCUT2D eigenvalue weighted by atomic mass is 32.2. The fraction of sp³-hybridized carbons (Fsp3) is 0.423. The van der Waals surface area contributed by atoms with Gasteiger partial charge in [-0.3, -0.25) is 9.59 Å². The van der Waals surface area contributed by atoms with E-state index in [2.05, 4.69) is 15.5 Å². The van der Waals surface area contributed by atoms with Gasteiger partial charge in [-0.25, -0.2) is 19.1 Å². The third kappa shape index (κ3) is 6.68. The first kappa shape index (κ1) is 30.0. The van der Waals surface area contributed by atoms with E-state index < -0.39 is 52.4 Å². The summed E-state index contributed by atoms with van der Waals surface area (Å²) >= 11 is 2.30. The molecule has 4 heterocycles. The van der Waals surface area contributed by atoms with Crippen molar-refractivity contribution in [2.45, 2.75) is 69.8 Å². The number of carbonyl (C=O) groups is 4. The minimum Gasteiger partial charge on any atom is -0.479 e. The number of nitrogens with two attached hydrogens (primary N) is 1. The first-order valence-corrected chi connectivity index (χ1v) is 14.4. The fourth-order valence-electron chi connectivity index (χ4n) is 4.00. The number of aromatic nitrogens is 2. The number of esters is 1. The normalized spacial score (nSPS) is 20.9. The van der Waals surface area contributed by atoms with Gasteiger partial charge >= 0.3 is 11.9 Å². The van der Waals surface area contributed by atoms with Crippen LogP contribution in [0.4, 0.5) is 5.13 Å². The molecule has 1 unspecified atom stereocenters. The van der Waals surface area contributed by atoms with E-state index in [1.807, 2.05) is 22.8 Å². The van der Waals surface area contributed by atoms with Gasteiger partial charge in [-0.05, 0) is 40.0 Å². The summed E-state index contributed by atoms with van der Waals surface area (Å²) in [5.41, 5.74) is 3.72. The first-order chi connectivity index (χ1) is 19.2. The summed E-state index contributed by atoms with van der Waals surface area (Å²) in [6, 6.07) is 3.28. The number of fused-ring (bicyclic) bond motifs is 1. The summed E-state index contributed by atoms with van der Waals surface area (Å²) in [6.45, 7) is 8.27. The number of β-lactam (4-membered cyclic amide) rings is 1. The van der Waals surface area contributed by atoms with Crippen LogP contribution in [-0.4, -0.2) is 73.1 Å². The van der Waals surface area contributed by atoms with Gasteiger partial charge in [-0.15, -0.1) is 23.1 Å². The number of nitrogen functional groups attached to an aromatic ring is 1. The number of hydrogen-bond donors (Lipinski definition) is 3. The summed E-state index contributed by atoms with van der Waals surface area (Å²) in [5, 5.41) is 19.2. The second-order valence-electron chi connectivity index (χ2n) is 10.8. The molecule has 1 saturated heterocycles. The number of amides is 2. The predicted molar refractivity (Wildman–Crippen MR) is 150 cm³/mol. The number of pyridine rings is 1. The Bertz CT molecular complexity index is 1420. The maximum absolute atomic E-state index is 13.4. The largest absolute Gasteiger partial charge is 0.479 e. The summed E-state index contributed by atoms with van der Waals surface area (Å²) in [4.78, 5) is 62.2. The molecule has 13 nitrogen and oxygen atoms in total. The van der Waals surface area contributed by atoms with Crippen molar-refractivity contribution < 1.29 is 38.4 Å². The molecular weight excluding hydrogens is 572 g/mol. The number of thiazole rings is 1. The van der Waals surface area contributed by atoms with Crippen LogP contribution in [0.1, 0.15) is 40.3 Å². The minimum absolute atomic E-state index is 0.0791. The molecule has 4 rings (SSSR count). The number of anilines is 1. The Morgan fingerprint density at radius 1 is 1.20 bits per heavy atom. The predicted octanol–water partition coefficient (Wildman–Crippen LogP) is 1.29. The van der Waals surface area contributed by atoms with Gasteiger partial charge in [0.25, 0.3) is 5.91 Å². The quantitative estimate of drug-likeness (QED) is 0.124. The van der Waals surface area contributed by atoms with Crippen molar-refractivity contribution in [3.8, 4) is 0 Å². The van der Waals surface area contributed by atoms with E-state index in [0.717, 1.165) is 11.3 Å². The number of ether oxygens (including phenoxy) is 1. The minimum atomic E-state index is -1.56. The Hall–Kier alpha value is -3.98. The molecule has 1 fully saturated rings. The lowest BCUT2D eigenvalue weighted by Gasteiger charge is -2.51. The van der Waals surface area contributed by atoms with Crippen LogP contribution in [0.15, 0.2) is 52.1 Å². The molecule has 3 atom stereocenters. The van der Waals surface area contributed by atoms with E-state index in [-0.39, 0.29) is 23.1 Å². The van der Waals surface area contributed by atoms with Crippen molar-refractivity contribution in [1.29, 1.82) is 0 Å². The maximum atomic E-state index is 13.4. The molecule has 0 spiro atoms. The molecule has 0 radical (unpaired) electrons. The Morgan fingerprint density at radius 3 is 2.46 bits per heavy atom. The van der Waals surface area contributed by atoms with Gasteiger partial charge < -0.3 is 30.6 Å². The Morgan fingerprint density at radius 2 is 1.88 bits per heavy atom. The van der Waals surface area contributed by atoms with E-state index in [1.54, 1.807) is 38.6 Å². The van der Waals surface area contributed by atoms with E-state index in [9.17, 15) is 24.3 Å². The molecule has 15 heteroatoms. The van der Waals surface area contributed by atoms with Crippen LogP contribution in [0.25, 0.3) is 0 Å². The number of aliphatic carboxylic acids is 1. The zero-order valence-corrected chi connectivity index (χ0v) is 24.7. The van der Waals surface area contributed by atoms with Crippen LogP contribution in [0, 0.1) is 0 Å². The average molecular weight is 604 g/mol. The lowest BCUT2D eigenvalue weighted by molar-refractivity contribution is -0.689. The average Bonchev–Trinajstić information content (AvgIpc) is 3.32. The van der Waals surface area contributed by atoms with Gasteiger partial charge in [0.2, 0.25) is 11.5 Å². The molecule has 218 valence electrons. The highest BCUT2D eigenvalue weighted by molar-refractivity contribution is 8.02. The van der Waals surface area contributed by atoms with E-state index in [0.29, 0.717) is 5.57 Å². The molecule has 2 aliphatic rings. The topological polar surface area (TPSA) is 177 Å². The summed E-state index contributed by atoms with van der Waals surface area (Å²) < 4.78 is 7.18. The van der Waals surface area contributed by atoms with Crippen molar-refractivity contribution >= 4 is 57.7 Å². The van der Waals surface area contributed by atoms with Crippen LogP contribution >= 0.6 is 23.1 Å². The fourth-order valence-corrected chi connectivity index (χ4v) is 5.76. The molecule has 2 aromatic rings. The van der Waals surface area contributed by atoms with Gasteiger partial charge in [0.15, 0.2) is 35.8 Å². The van der Waals surface area contributed by atoms with Crippen molar-refractivity contribution in [2.75, 3.05) is 5.73 Å². The first-order valence-electron chi connectivity index (χ1n) is 12.5. The number of nitrogens with zero attached hydrogens (tertiary/aromatic N) is 4. The number of carboxylic acids is 1. The third-order valence-corrected chi connectivity index (χ3v) is 7.86. The number of thioether (sulfide) groups is 1. The highest BCUT2D eigenvalue weighted by Crippen LogP contribution is 2.40. The van der Waals surface area contributed by atoms with Crippen molar-refractivity contribution in [2.24, 2.45) is 5.16 Å². The monoisotopic (exact) mass is 603 g/mol. The molecule has 2 aliphatic heterocycles. The van der Waals surface area contributed by atoms with Gasteiger partial charge in [0.1, 0.15) is 22.7 Å². The van der Waals surface area contributed by atoms with E-state index in [1.165, 1.54) is 35.9 Å². The molecule has 0 aliphatic carbocycles. The molecule has 2 aromatic heterocycles. The van der Waals surface area contributed by atoms with Crippen LogP contribution in [0.3, 0.4) is 0 Å². The van der Waals surface area contributed by atoms with Crippen molar-refractivity contribution in [1.82, 2.24) is 15.2 Å². The molecule has 0 saturated carbocycles. The van der Waals surface area contributed by atoms with Crippen LogP contribution in [-0.2, 0) is 35.3 Å². The number of carboxylic acid groups (broad SMARTS) is 1. The van der Waals surface area contributed by atoms with Crippen molar-refractivity contribution in [3.05, 3.63) is 52.6 Å². The van der Waals surface area contributed by atoms with E-state index in [4.69, 9.17) is 15.3 Å². The number of oxime groups is 1. The second kappa shape index (κ2) is 11.5. The van der Waals surface area contributed by atoms with Gasteiger partial charge in [0, 0.05) is 23.1 Å². The van der Waals surface area contributed by atoms with Gasteiger partial charge in [-0.2, -0.15) is 0 Å². The van der Waals surface area contributed by atoms with Gasteiger partial charge in [-0.1, -0.05) is 11.2 Å². The molecule has 0 aromatic carbocycles. The summed E-state index contributed by atoms with van der Waals surface area (Å²) in [6.07, 6.45) is 3.60. The molecule has 0 bridgehead atoms. The Balaban J connectivity index is 1.53. The van der Waals surface area contributed by atoms with E-state index >= 15 is 0 Å². The van der Waals surface area contributed by atoms with Crippen LogP contribution < -0.4 is 15.6 Å². The number of hydrogen-bond acceptors (Lipinski definition) is 11. The Kier molecular flexibility index (Phi) is 8.40. The SMILES string of the molecule is CC(C)(C)OC(=O)C(C)(C)O/N=C(\C(=O)N[C@@H]1C(=O)N2C(C(=O)O)C(C[n+]3ccccc3)=CS[C@H]12)c1csc(N)n1.